The highest BCUT2D eigenvalue weighted by molar-refractivity contribution is 7.99. The molecule has 0 aromatic carbocycles. The van der Waals surface area contributed by atoms with E-state index in [2.05, 4.69) is 25.5 Å². The average Bonchev–Trinajstić information content (AvgIpc) is 2.85. The normalized spacial score (nSPS) is 10.8. The van der Waals surface area contributed by atoms with Gasteiger partial charge in [0.1, 0.15) is 6.33 Å². The van der Waals surface area contributed by atoms with Crippen molar-refractivity contribution in [2.75, 3.05) is 16.8 Å². The Balaban J connectivity index is 1.86. The third-order valence-electron chi connectivity index (χ3n) is 2.18. The summed E-state index contributed by atoms with van der Waals surface area (Å²) in [4.78, 5) is 23.2. The highest BCUT2D eigenvalue weighted by Crippen LogP contribution is 2.12. The largest absolute Gasteiger partial charge is 0.368 e. The first kappa shape index (κ1) is 14.2. The quantitative estimate of drug-likeness (QED) is 0.585. The van der Waals surface area contributed by atoms with Crippen LogP contribution >= 0.6 is 11.8 Å². The number of carbonyl (C=O) groups excluding carboxylic acids is 1. The highest BCUT2D eigenvalue weighted by atomic mass is 32.2. The Morgan fingerprint density at radius 2 is 2.35 bits per heavy atom. The zero-order chi connectivity index (χ0) is 14.5. The van der Waals surface area contributed by atoms with E-state index in [0.29, 0.717) is 11.0 Å². The van der Waals surface area contributed by atoms with Crippen molar-refractivity contribution >= 4 is 29.5 Å². The van der Waals surface area contributed by atoms with Gasteiger partial charge in [-0.25, -0.2) is 9.97 Å². The molecule has 0 saturated heterocycles. The van der Waals surface area contributed by atoms with Crippen molar-refractivity contribution < 1.29 is 14.0 Å². The molecule has 2 rings (SSSR count). The number of anilines is 2. The van der Waals surface area contributed by atoms with Crippen LogP contribution in [0.15, 0.2) is 22.2 Å². The Morgan fingerprint density at radius 1 is 1.55 bits per heavy atom. The van der Waals surface area contributed by atoms with Crippen molar-refractivity contribution in [2.24, 2.45) is 0 Å². The molecule has 0 spiro atoms. The lowest BCUT2D eigenvalue weighted by molar-refractivity contribution is -0.779. The molecule has 0 saturated carbocycles. The Morgan fingerprint density at radius 3 is 3.00 bits per heavy atom. The molecule has 0 aliphatic heterocycles. The molecule has 0 atom stereocenters. The average molecular weight is 296 g/mol. The van der Waals surface area contributed by atoms with Gasteiger partial charge in [0, 0.05) is 0 Å². The minimum atomic E-state index is -0.249. The SMILES string of the molecule is CC(C)[n+]1cc(NC(=O)CSc2ncnc(N)n2)on1. The fourth-order valence-electron chi connectivity index (χ4n) is 1.22. The van der Waals surface area contributed by atoms with Crippen LogP contribution in [0.3, 0.4) is 0 Å². The molecular formula is C10H14N7O2S+. The number of aromatic nitrogens is 5. The van der Waals surface area contributed by atoms with E-state index in [1.807, 2.05) is 13.8 Å². The van der Waals surface area contributed by atoms with Crippen LogP contribution in [-0.4, -0.2) is 31.9 Å². The van der Waals surface area contributed by atoms with Crippen LogP contribution in [0.1, 0.15) is 19.9 Å². The summed E-state index contributed by atoms with van der Waals surface area (Å²) in [7, 11) is 0. The predicted octanol–water partition coefficient (Wildman–Crippen LogP) is 0.0410. The Labute approximate surface area is 119 Å². The summed E-state index contributed by atoms with van der Waals surface area (Å²) in [6.45, 7) is 3.91. The lowest BCUT2D eigenvalue weighted by Crippen LogP contribution is -2.36. The second-order valence-electron chi connectivity index (χ2n) is 4.10. The number of thioether (sulfide) groups is 1. The second kappa shape index (κ2) is 6.28. The third-order valence-corrected chi connectivity index (χ3v) is 3.04. The minimum Gasteiger partial charge on any atom is -0.368 e. The first-order chi connectivity index (χ1) is 9.54. The van der Waals surface area contributed by atoms with E-state index in [4.69, 9.17) is 10.3 Å². The number of hydrogen-bond acceptors (Lipinski definition) is 8. The zero-order valence-corrected chi connectivity index (χ0v) is 11.8. The molecule has 0 aliphatic carbocycles. The molecule has 2 aromatic heterocycles. The van der Waals surface area contributed by atoms with Crippen molar-refractivity contribution in [2.45, 2.75) is 25.0 Å². The van der Waals surface area contributed by atoms with Gasteiger partial charge in [0.05, 0.1) is 5.75 Å². The van der Waals surface area contributed by atoms with Crippen LogP contribution < -0.4 is 15.7 Å². The van der Waals surface area contributed by atoms with Crippen molar-refractivity contribution in [3.8, 4) is 0 Å². The van der Waals surface area contributed by atoms with E-state index in [1.165, 1.54) is 6.33 Å². The van der Waals surface area contributed by atoms with Gasteiger partial charge in [0.15, 0.2) is 11.2 Å². The summed E-state index contributed by atoms with van der Waals surface area (Å²) in [5.74, 6) is 0.294. The molecule has 0 aliphatic rings. The summed E-state index contributed by atoms with van der Waals surface area (Å²) >= 11 is 1.15. The molecule has 9 nitrogen and oxygen atoms in total. The zero-order valence-electron chi connectivity index (χ0n) is 11.0. The second-order valence-corrected chi connectivity index (χ2v) is 5.05. The number of amides is 1. The van der Waals surface area contributed by atoms with Gasteiger partial charge in [0.25, 0.3) is 6.20 Å². The van der Waals surface area contributed by atoms with Gasteiger partial charge in [-0.15, -0.1) is 0 Å². The topological polar surface area (TPSA) is 124 Å². The minimum absolute atomic E-state index is 0.121. The fraction of sp³-hybridized carbons (Fsp3) is 0.400. The summed E-state index contributed by atoms with van der Waals surface area (Å²) in [5.41, 5.74) is 5.42. The maximum Gasteiger partial charge on any atom is 0.302 e. The molecule has 106 valence electrons. The lowest BCUT2D eigenvalue weighted by atomic mass is 10.4. The van der Waals surface area contributed by atoms with Crippen molar-refractivity contribution in [1.82, 2.24) is 20.2 Å². The van der Waals surface area contributed by atoms with Gasteiger partial charge < -0.3 is 5.73 Å². The number of nitrogens with two attached hydrogens (primary N) is 1. The molecule has 0 fully saturated rings. The monoisotopic (exact) mass is 296 g/mol. The summed E-state index contributed by atoms with van der Waals surface area (Å²) in [6.07, 6.45) is 2.92. The van der Waals surface area contributed by atoms with Crippen LogP contribution in [0, 0.1) is 0 Å². The van der Waals surface area contributed by atoms with Crippen LogP contribution in [0.5, 0.6) is 0 Å². The number of nitrogens with one attached hydrogen (secondary N) is 1. The van der Waals surface area contributed by atoms with Crippen molar-refractivity contribution in [1.29, 1.82) is 0 Å². The highest BCUT2D eigenvalue weighted by Gasteiger charge is 2.16. The Hall–Kier alpha value is -2.23. The Kier molecular flexibility index (Phi) is 4.45. The van der Waals surface area contributed by atoms with Crippen LogP contribution in [-0.2, 0) is 4.79 Å². The Bertz CT molecular complexity index is 601. The number of nitrogen functional groups attached to an aromatic ring is 1. The maximum atomic E-state index is 11.7. The van der Waals surface area contributed by atoms with Crippen molar-refractivity contribution in [3.05, 3.63) is 12.5 Å². The van der Waals surface area contributed by atoms with E-state index in [0.717, 1.165) is 11.8 Å². The van der Waals surface area contributed by atoms with Gasteiger partial charge in [-0.2, -0.15) is 4.98 Å². The summed E-state index contributed by atoms with van der Waals surface area (Å²) in [5, 5.41) is 6.75. The van der Waals surface area contributed by atoms with E-state index < -0.39 is 0 Å². The van der Waals surface area contributed by atoms with Crippen LogP contribution in [0.4, 0.5) is 11.8 Å². The number of hydrogen-bond donors (Lipinski definition) is 2. The van der Waals surface area contributed by atoms with Crippen molar-refractivity contribution in [3.63, 3.8) is 0 Å². The molecule has 0 unspecified atom stereocenters. The van der Waals surface area contributed by atoms with Gasteiger partial charge in [0.2, 0.25) is 17.1 Å². The first-order valence-electron chi connectivity index (χ1n) is 5.80. The third kappa shape index (κ3) is 3.88. The molecule has 0 bridgehead atoms. The molecule has 10 heteroatoms. The van der Waals surface area contributed by atoms with E-state index in [1.54, 1.807) is 10.9 Å². The van der Waals surface area contributed by atoms with Gasteiger partial charge in [-0.1, -0.05) is 11.8 Å². The molecule has 1 amide bonds. The predicted molar refractivity (Wildman–Crippen MR) is 70.7 cm³/mol. The van der Waals surface area contributed by atoms with Crippen LogP contribution in [0.25, 0.3) is 0 Å². The number of rotatable bonds is 5. The number of carbonyl (C=O) groups is 1. The summed E-state index contributed by atoms with van der Waals surface area (Å²) < 4.78 is 6.58. The molecule has 0 radical (unpaired) electrons. The van der Waals surface area contributed by atoms with E-state index >= 15 is 0 Å². The lowest BCUT2D eigenvalue weighted by Gasteiger charge is -1.99. The molecular weight excluding hydrogens is 282 g/mol. The van der Waals surface area contributed by atoms with Gasteiger partial charge >= 0.3 is 5.88 Å². The molecule has 2 heterocycles. The molecule has 20 heavy (non-hydrogen) atoms. The first-order valence-corrected chi connectivity index (χ1v) is 6.78. The van der Waals surface area contributed by atoms with E-state index in [-0.39, 0.29) is 23.7 Å². The maximum absolute atomic E-state index is 11.7. The molecule has 3 N–H and O–H groups in total. The molecule has 2 aromatic rings. The van der Waals surface area contributed by atoms with E-state index in [9.17, 15) is 4.79 Å². The van der Waals surface area contributed by atoms with Gasteiger partial charge in [-0.05, 0) is 18.5 Å². The fourth-order valence-corrected chi connectivity index (χ4v) is 1.84. The standard InChI is InChI=1S/C10H13N7O2S/c1-6(2)17-3-8(19-16-17)14-7(18)4-20-10-13-5-12-9(11)15-10/h3,5-6H,4H2,1-2H3,(H2-,11,12,13,14,15,16,18)/p+1. The van der Waals surface area contributed by atoms with Crippen LogP contribution in [0.2, 0.25) is 0 Å². The summed E-state index contributed by atoms with van der Waals surface area (Å²) in [6, 6.07) is 0.159. The van der Waals surface area contributed by atoms with Gasteiger partial charge in [-0.3, -0.25) is 14.6 Å². The number of nitrogens with zero attached hydrogens (tertiary/aromatic N) is 5. The smallest absolute Gasteiger partial charge is 0.302 e.